The maximum Gasteiger partial charge on any atom is 1.00 e. The van der Waals surface area contributed by atoms with Crippen LogP contribution in [0.2, 0.25) is 0 Å². The van der Waals surface area contributed by atoms with Crippen molar-refractivity contribution in [2.24, 2.45) is 0 Å². The number of benzene rings is 4. The van der Waals surface area contributed by atoms with Gasteiger partial charge in [-0.25, -0.2) is 33.7 Å². The van der Waals surface area contributed by atoms with Crippen LogP contribution in [0.3, 0.4) is 0 Å². The van der Waals surface area contributed by atoms with Crippen molar-refractivity contribution in [1.29, 1.82) is 0 Å². The molecule has 2 atom stereocenters. The van der Waals surface area contributed by atoms with E-state index in [0.717, 1.165) is 12.1 Å². The van der Waals surface area contributed by atoms with E-state index in [1.54, 1.807) is 0 Å². The summed E-state index contributed by atoms with van der Waals surface area (Å²) in [7, 11) is -39.0. The first-order valence-electron chi connectivity index (χ1n) is 13.0. The Bertz CT molecular complexity index is 2730. The van der Waals surface area contributed by atoms with E-state index in [1.165, 1.54) is 60.7 Å². The van der Waals surface area contributed by atoms with Crippen molar-refractivity contribution >= 4 is 60.7 Å². The molecule has 1 aliphatic rings. The maximum absolute atomic E-state index is 14.4. The second kappa shape index (κ2) is 18.7. The molecule has 268 valence electrons. The summed E-state index contributed by atoms with van der Waals surface area (Å²) in [6.07, 6.45) is -4.28. The van der Waals surface area contributed by atoms with Gasteiger partial charge in [-0.3, -0.25) is 8.37 Å². The van der Waals surface area contributed by atoms with Crippen molar-refractivity contribution in [1.82, 2.24) is 0 Å². The summed E-state index contributed by atoms with van der Waals surface area (Å²) in [5, 5.41) is 0. The van der Waals surface area contributed by atoms with Crippen molar-refractivity contribution in [2.75, 3.05) is 0 Å². The van der Waals surface area contributed by atoms with Gasteiger partial charge in [0, 0.05) is 11.1 Å². The molecular weight excluding hydrogens is 885 g/mol. The molecule has 0 bridgehead atoms. The molecule has 2 unspecified atom stereocenters. The van der Waals surface area contributed by atoms with Gasteiger partial charge in [-0.1, -0.05) is 78.9 Å². The molecule has 1 heterocycles. The number of hydrogen-bond donors (Lipinski definition) is 0. The molecule has 0 aliphatic carbocycles. The molecule has 28 heteroatoms. The van der Waals surface area contributed by atoms with Crippen LogP contribution in [-0.4, -0.2) is 68.7 Å². The van der Waals surface area contributed by atoms with Crippen molar-refractivity contribution in [3.63, 3.8) is 0 Å². The van der Waals surface area contributed by atoms with Crippen molar-refractivity contribution < 1.29 is 195 Å². The van der Waals surface area contributed by atoms with Crippen molar-refractivity contribution in [2.45, 2.75) is 41.6 Å². The van der Waals surface area contributed by atoms with Gasteiger partial charge in [0.05, 0.1) is 19.6 Å². The summed E-state index contributed by atoms with van der Waals surface area (Å²) >= 11 is 0. The molecule has 0 saturated carbocycles. The Morgan fingerprint density at radius 3 is 1.17 bits per heavy atom. The van der Waals surface area contributed by atoms with Gasteiger partial charge in [0.2, 0.25) is 0 Å². The molecule has 4 aromatic carbocycles. The van der Waals surface area contributed by atoms with Crippen LogP contribution < -0.4 is 118 Å². The minimum atomic E-state index is -6.87. The predicted octanol–water partition coefficient (Wildman–Crippen LogP) is -11.1. The van der Waals surface area contributed by atoms with Crippen LogP contribution in [0.1, 0.15) is 23.3 Å². The fourth-order valence-corrected chi connectivity index (χ4v) is 13.3. The molecule has 1 aliphatic heterocycles. The van der Waals surface area contributed by atoms with Crippen molar-refractivity contribution in [3.8, 4) is 11.1 Å². The van der Waals surface area contributed by atoms with E-state index in [1.807, 2.05) is 0 Å². The fraction of sp³-hybridized carbons (Fsp3) is 0.0769. The monoisotopic (exact) mass is 900 g/mol. The SMILES string of the molecule is O=S(=O)([O-])c1ccccc1-c1c(S(=O)(=O)[O-])c(S(=O)(=O)[O-])c(S(=O)(=O)[O-])c2c1S(=O)(=O)OC(c1ccccc1)C(c1ccccc1)OS2(=O)=O.[Na+].[Na+].[Na+].[Na+]. The Hall–Kier alpha value is 0.340. The van der Waals surface area contributed by atoms with Crippen molar-refractivity contribution in [3.05, 3.63) is 96.1 Å². The molecular formula is C26H16Na4O18S6. The van der Waals surface area contributed by atoms with Crippen LogP contribution in [0.25, 0.3) is 11.1 Å². The molecule has 54 heavy (non-hydrogen) atoms. The Morgan fingerprint density at radius 2 is 0.796 bits per heavy atom. The summed E-state index contributed by atoms with van der Waals surface area (Å²) in [5.74, 6) is 0. The van der Waals surface area contributed by atoms with E-state index in [9.17, 15) is 68.7 Å². The van der Waals surface area contributed by atoms with Gasteiger partial charge in [-0.2, -0.15) is 16.8 Å². The van der Waals surface area contributed by atoms with Gasteiger partial charge in [-0.15, -0.1) is 0 Å². The standard InChI is InChI=1S/C26H20O18S6.4Na/c27-45(28,29)18-14-8-7-13-17(18)19-22(46(30,31)32)24(47(33,34)35)25(48(36,37)38)26-23(19)49(39,40)43-20(15-9-3-1-4-10-15)21(44-50(26,41)42)16-11-5-2-6-12-16;;;;/h1-14,20-21H,(H,27,28,29)(H,30,31,32)(H,33,34,35)(H,36,37,38);;;;/q;4*+1/p-4. The number of fused-ring (bicyclic) bond motifs is 1. The summed E-state index contributed by atoms with van der Waals surface area (Å²) < 4.78 is 219. The van der Waals surface area contributed by atoms with E-state index < -0.39 is 113 Å². The molecule has 5 rings (SSSR count). The van der Waals surface area contributed by atoms with E-state index in [2.05, 4.69) is 0 Å². The Kier molecular flexibility index (Phi) is 18.2. The largest absolute Gasteiger partial charge is 1.00 e. The number of rotatable bonds is 7. The second-order valence-corrected chi connectivity index (χ2v) is 18.4. The molecule has 4 aromatic rings. The van der Waals surface area contributed by atoms with Crippen LogP contribution in [0, 0.1) is 0 Å². The first-order chi connectivity index (χ1) is 22.9. The van der Waals surface area contributed by atoms with Gasteiger partial charge < -0.3 is 18.2 Å². The van der Waals surface area contributed by atoms with E-state index in [-0.39, 0.29) is 129 Å². The normalized spacial score (nSPS) is 18.1. The summed E-state index contributed by atoms with van der Waals surface area (Å²) in [5.41, 5.74) is -4.04. The Morgan fingerprint density at radius 1 is 0.444 bits per heavy atom. The molecule has 0 spiro atoms. The van der Waals surface area contributed by atoms with Crippen LogP contribution in [0.15, 0.2) is 114 Å². The van der Waals surface area contributed by atoms with Crippen LogP contribution in [0.5, 0.6) is 0 Å². The average molecular weight is 901 g/mol. The zero-order valence-electron chi connectivity index (χ0n) is 28.0. The van der Waals surface area contributed by atoms with Crippen LogP contribution in [0.4, 0.5) is 0 Å². The van der Waals surface area contributed by atoms with E-state index in [4.69, 9.17) is 8.37 Å². The van der Waals surface area contributed by atoms with Gasteiger partial charge in [0.15, 0.2) is 0 Å². The van der Waals surface area contributed by atoms with Crippen LogP contribution in [-0.2, 0) is 69.1 Å². The fourth-order valence-electron chi connectivity index (χ4n) is 5.15. The van der Waals surface area contributed by atoms with Gasteiger partial charge >= 0.3 is 118 Å². The summed E-state index contributed by atoms with van der Waals surface area (Å²) in [4.78, 5) is -15.0. The zero-order chi connectivity index (χ0) is 37.2. The molecule has 0 N–H and O–H groups in total. The zero-order valence-corrected chi connectivity index (χ0v) is 40.9. The third-order valence-corrected chi connectivity index (χ3v) is 13.8. The minimum absolute atomic E-state index is 0. The van der Waals surface area contributed by atoms with Gasteiger partial charge in [-0.05, 0) is 17.2 Å². The third kappa shape index (κ3) is 10.7. The Balaban J connectivity index is 0.00000364. The van der Waals surface area contributed by atoms with Gasteiger partial charge in [0.1, 0.15) is 62.5 Å². The maximum atomic E-state index is 14.4. The Labute approximate surface area is 398 Å². The molecule has 0 saturated heterocycles. The molecule has 18 nitrogen and oxygen atoms in total. The quantitative estimate of drug-likeness (QED) is 0.0944. The first kappa shape index (κ1) is 52.4. The van der Waals surface area contributed by atoms with E-state index in [0.29, 0.717) is 12.1 Å². The molecule has 0 aromatic heterocycles. The molecule has 0 fully saturated rings. The first-order valence-corrected chi connectivity index (χ1v) is 21.5. The predicted molar refractivity (Wildman–Crippen MR) is 159 cm³/mol. The average Bonchev–Trinajstić information content (AvgIpc) is 3.00. The molecule has 0 amide bonds. The summed E-state index contributed by atoms with van der Waals surface area (Å²) in [6, 6.07) is 15.2. The molecule has 0 radical (unpaired) electrons. The second-order valence-electron chi connectivity index (χ2n) is 10.1. The van der Waals surface area contributed by atoms with Gasteiger partial charge in [0.25, 0.3) is 20.2 Å². The summed E-state index contributed by atoms with van der Waals surface area (Å²) in [6.45, 7) is 0. The topological polar surface area (TPSA) is 316 Å². The van der Waals surface area contributed by atoms with Crippen LogP contribution >= 0.6 is 0 Å². The third-order valence-electron chi connectivity index (χ3n) is 6.95. The number of hydrogen-bond acceptors (Lipinski definition) is 18. The van der Waals surface area contributed by atoms with E-state index >= 15 is 0 Å². The smallest absolute Gasteiger partial charge is 0.744 e. The minimum Gasteiger partial charge on any atom is -0.744 e.